The number of ether oxygens (including phenoxy) is 1. The number of esters is 1. The molecular formula is C13H17N5O3. The van der Waals surface area contributed by atoms with Crippen LogP contribution < -0.4 is 0 Å². The van der Waals surface area contributed by atoms with Crippen molar-refractivity contribution in [3.05, 3.63) is 23.2 Å². The van der Waals surface area contributed by atoms with Crippen molar-refractivity contribution in [2.75, 3.05) is 6.61 Å². The molecule has 1 aliphatic carbocycles. The lowest BCUT2D eigenvalue weighted by Crippen LogP contribution is -2.11. The maximum atomic E-state index is 11.9. The molecule has 0 bridgehead atoms. The first kappa shape index (κ1) is 13.7. The lowest BCUT2D eigenvalue weighted by molar-refractivity contribution is 0.0518. The van der Waals surface area contributed by atoms with E-state index in [1.807, 2.05) is 6.92 Å². The van der Waals surface area contributed by atoms with Crippen LogP contribution >= 0.6 is 0 Å². The molecule has 21 heavy (non-hydrogen) atoms. The predicted molar refractivity (Wildman–Crippen MR) is 70.7 cm³/mol. The van der Waals surface area contributed by atoms with Crippen molar-refractivity contribution < 1.29 is 13.9 Å². The van der Waals surface area contributed by atoms with Crippen LogP contribution in [0, 0.1) is 0 Å². The summed E-state index contributed by atoms with van der Waals surface area (Å²) in [6.45, 7) is 4.36. The zero-order valence-electron chi connectivity index (χ0n) is 12.1. The average Bonchev–Trinajstić information content (AvgIpc) is 3.07. The molecule has 112 valence electrons. The molecule has 0 unspecified atom stereocenters. The van der Waals surface area contributed by atoms with Gasteiger partial charge in [0.25, 0.3) is 0 Å². The van der Waals surface area contributed by atoms with Gasteiger partial charge in [0.05, 0.1) is 12.3 Å². The number of aromatic nitrogens is 5. The highest BCUT2D eigenvalue weighted by Crippen LogP contribution is 2.41. The summed E-state index contributed by atoms with van der Waals surface area (Å²) in [6.07, 6.45) is 2.75. The topological polar surface area (TPSA) is 95.9 Å². The molecule has 3 rings (SSSR count). The van der Waals surface area contributed by atoms with Gasteiger partial charge < -0.3 is 9.15 Å². The largest absolute Gasteiger partial charge is 0.461 e. The van der Waals surface area contributed by atoms with Gasteiger partial charge in [-0.05, 0) is 19.8 Å². The molecule has 1 saturated carbocycles. The second-order valence-corrected chi connectivity index (χ2v) is 4.92. The lowest BCUT2D eigenvalue weighted by Gasteiger charge is -2.04. The first-order valence-corrected chi connectivity index (χ1v) is 7.14. The van der Waals surface area contributed by atoms with Crippen LogP contribution in [0.15, 0.2) is 4.42 Å². The molecule has 0 radical (unpaired) electrons. The Balaban J connectivity index is 1.86. The number of aryl methyl sites for hydroxylation is 1. The molecule has 1 aliphatic rings. The van der Waals surface area contributed by atoms with E-state index < -0.39 is 5.97 Å². The molecule has 0 N–H and O–H groups in total. The molecule has 8 nitrogen and oxygen atoms in total. The fourth-order valence-corrected chi connectivity index (χ4v) is 2.17. The van der Waals surface area contributed by atoms with Gasteiger partial charge in [0.2, 0.25) is 11.8 Å². The Morgan fingerprint density at radius 3 is 2.67 bits per heavy atom. The van der Waals surface area contributed by atoms with Crippen molar-refractivity contribution >= 4 is 5.97 Å². The van der Waals surface area contributed by atoms with Crippen LogP contribution in [0.2, 0.25) is 0 Å². The predicted octanol–water partition coefficient (Wildman–Crippen LogP) is 1.33. The van der Waals surface area contributed by atoms with Gasteiger partial charge in [-0.25, -0.2) is 9.48 Å². The first-order valence-electron chi connectivity index (χ1n) is 7.14. The van der Waals surface area contributed by atoms with E-state index in [1.165, 1.54) is 0 Å². The van der Waals surface area contributed by atoms with Gasteiger partial charge in [-0.2, -0.15) is 0 Å². The maximum absolute atomic E-state index is 11.9. The number of nitrogens with zero attached hydrogens (tertiary/aromatic N) is 5. The standard InChI is InChI=1S/C13H17N5O3/c1-3-9-14-15-10(21-9)7-18-12(8-5-6-8)11(16-17-18)13(19)20-4-2/h8H,3-7H2,1-2H3. The Morgan fingerprint density at radius 1 is 1.29 bits per heavy atom. The molecule has 0 saturated heterocycles. The smallest absolute Gasteiger partial charge is 0.360 e. The van der Waals surface area contributed by atoms with E-state index in [2.05, 4.69) is 20.5 Å². The van der Waals surface area contributed by atoms with Crippen molar-refractivity contribution in [2.24, 2.45) is 0 Å². The molecule has 0 spiro atoms. The van der Waals surface area contributed by atoms with Gasteiger partial charge in [0, 0.05) is 12.3 Å². The molecule has 2 aromatic heterocycles. The molecule has 1 fully saturated rings. The van der Waals surface area contributed by atoms with Crippen LogP contribution in [0.25, 0.3) is 0 Å². The third-order valence-electron chi connectivity index (χ3n) is 3.30. The molecule has 8 heteroatoms. The van der Waals surface area contributed by atoms with Crippen LogP contribution in [-0.2, 0) is 17.7 Å². The third-order valence-corrected chi connectivity index (χ3v) is 3.30. The molecule has 2 heterocycles. The monoisotopic (exact) mass is 291 g/mol. The molecule has 0 aliphatic heterocycles. The SMILES string of the molecule is CCOC(=O)c1nnn(Cc2nnc(CC)o2)c1C1CC1. The van der Waals surface area contributed by atoms with E-state index in [0.717, 1.165) is 18.5 Å². The fourth-order valence-electron chi connectivity index (χ4n) is 2.17. The van der Waals surface area contributed by atoms with Crippen molar-refractivity contribution in [2.45, 2.75) is 45.6 Å². The van der Waals surface area contributed by atoms with Crippen LogP contribution in [0.1, 0.15) is 60.6 Å². The number of carbonyl (C=O) groups is 1. The normalized spacial score (nSPS) is 14.4. The van der Waals surface area contributed by atoms with Gasteiger partial charge in [-0.1, -0.05) is 12.1 Å². The number of hydrogen-bond donors (Lipinski definition) is 0. The highest BCUT2D eigenvalue weighted by atomic mass is 16.5. The first-order chi connectivity index (χ1) is 10.2. The van der Waals surface area contributed by atoms with Crippen molar-refractivity contribution in [3.8, 4) is 0 Å². The second kappa shape index (κ2) is 5.63. The van der Waals surface area contributed by atoms with E-state index in [4.69, 9.17) is 9.15 Å². The zero-order valence-corrected chi connectivity index (χ0v) is 12.1. The molecule has 2 aromatic rings. The lowest BCUT2D eigenvalue weighted by atomic mass is 10.2. The van der Waals surface area contributed by atoms with Gasteiger partial charge in [-0.15, -0.1) is 15.3 Å². The Bertz CT molecular complexity index is 644. The molecule has 0 amide bonds. The second-order valence-electron chi connectivity index (χ2n) is 4.92. The summed E-state index contributed by atoms with van der Waals surface area (Å²) >= 11 is 0. The Morgan fingerprint density at radius 2 is 2.05 bits per heavy atom. The number of carbonyl (C=O) groups excluding carboxylic acids is 1. The Hall–Kier alpha value is -2.25. The zero-order chi connectivity index (χ0) is 14.8. The van der Waals surface area contributed by atoms with E-state index in [9.17, 15) is 4.79 Å². The molecular weight excluding hydrogens is 274 g/mol. The summed E-state index contributed by atoms with van der Waals surface area (Å²) < 4.78 is 12.2. The minimum atomic E-state index is -0.426. The van der Waals surface area contributed by atoms with Crippen LogP contribution in [-0.4, -0.2) is 37.8 Å². The van der Waals surface area contributed by atoms with Crippen LogP contribution in [0.4, 0.5) is 0 Å². The molecule has 0 atom stereocenters. The summed E-state index contributed by atoms with van der Waals surface area (Å²) in [5.74, 6) is 0.941. The van der Waals surface area contributed by atoms with Crippen LogP contribution in [0.5, 0.6) is 0 Å². The fraction of sp³-hybridized carbons (Fsp3) is 0.615. The minimum absolute atomic E-state index is 0.301. The van der Waals surface area contributed by atoms with E-state index in [0.29, 0.717) is 43.0 Å². The third kappa shape index (κ3) is 2.79. The Kier molecular flexibility index (Phi) is 3.68. The average molecular weight is 291 g/mol. The van der Waals surface area contributed by atoms with Crippen LogP contribution in [0.3, 0.4) is 0 Å². The number of rotatable bonds is 6. The Labute approximate surface area is 121 Å². The maximum Gasteiger partial charge on any atom is 0.360 e. The number of hydrogen-bond acceptors (Lipinski definition) is 7. The van der Waals surface area contributed by atoms with E-state index in [1.54, 1.807) is 11.6 Å². The van der Waals surface area contributed by atoms with E-state index in [-0.39, 0.29) is 0 Å². The van der Waals surface area contributed by atoms with E-state index >= 15 is 0 Å². The van der Waals surface area contributed by atoms with Crippen molar-refractivity contribution in [1.82, 2.24) is 25.2 Å². The quantitative estimate of drug-likeness (QED) is 0.740. The summed E-state index contributed by atoms with van der Waals surface area (Å²) in [7, 11) is 0. The van der Waals surface area contributed by atoms with Gasteiger partial charge >= 0.3 is 5.97 Å². The van der Waals surface area contributed by atoms with Crippen molar-refractivity contribution in [3.63, 3.8) is 0 Å². The summed E-state index contributed by atoms with van der Waals surface area (Å²) in [5, 5.41) is 15.9. The highest BCUT2D eigenvalue weighted by molar-refractivity contribution is 5.88. The van der Waals surface area contributed by atoms with Gasteiger partial charge in [0.1, 0.15) is 6.54 Å². The van der Waals surface area contributed by atoms with Crippen molar-refractivity contribution in [1.29, 1.82) is 0 Å². The molecule has 0 aromatic carbocycles. The summed E-state index contributed by atoms with van der Waals surface area (Å²) in [4.78, 5) is 11.9. The minimum Gasteiger partial charge on any atom is -0.461 e. The van der Waals surface area contributed by atoms with Gasteiger partial charge in [0.15, 0.2) is 5.69 Å². The summed E-state index contributed by atoms with van der Waals surface area (Å²) in [6, 6.07) is 0. The summed E-state index contributed by atoms with van der Waals surface area (Å²) in [5.41, 5.74) is 1.11. The highest BCUT2D eigenvalue weighted by Gasteiger charge is 2.34. The van der Waals surface area contributed by atoms with Gasteiger partial charge in [-0.3, -0.25) is 0 Å².